The number of aromatic nitrogens is 3. The van der Waals surface area contributed by atoms with Crippen LogP contribution in [0.25, 0.3) is 11.2 Å². The van der Waals surface area contributed by atoms with Crippen LogP contribution >= 0.6 is 0 Å². The number of carbonyl (C=O) groups is 1. The summed E-state index contributed by atoms with van der Waals surface area (Å²) in [5.74, 6) is 0.168. The van der Waals surface area contributed by atoms with Gasteiger partial charge in [-0.05, 0) is 30.4 Å². The highest BCUT2D eigenvalue weighted by Gasteiger charge is 2.42. The van der Waals surface area contributed by atoms with Crippen LogP contribution < -0.4 is 0 Å². The largest absolute Gasteiger partial charge is 0.396 e. The number of hydrogen-bond acceptors (Lipinski definition) is 5. The normalized spacial score (nSPS) is 24.0. The van der Waals surface area contributed by atoms with E-state index in [0.717, 1.165) is 24.0 Å². The van der Waals surface area contributed by atoms with Gasteiger partial charge in [-0.3, -0.25) is 4.79 Å². The van der Waals surface area contributed by atoms with Gasteiger partial charge in [0.1, 0.15) is 5.52 Å². The van der Waals surface area contributed by atoms with E-state index < -0.39 is 0 Å². The molecule has 3 atom stereocenters. The Bertz CT molecular complexity index is 1020. The minimum Gasteiger partial charge on any atom is -0.396 e. The first-order chi connectivity index (χ1) is 14.2. The van der Waals surface area contributed by atoms with Gasteiger partial charge in [0.2, 0.25) is 0 Å². The fourth-order valence-corrected chi connectivity index (χ4v) is 4.58. The molecule has 1 aliphatic heterocycles. The zero-order chi connectivity index (χ0) is 19.8. The van der Waals surface area contributed by atoms with Gasteiger partial charge in [-0.2, -0.15) is 0 Å². The minimum absolute atomic E-state index is 0.0200. The molecular weight excluding hydrogens is 368 g/mol. The number of ether oxygens (including phenoxy) is 1. The molecule has 3 heterocycles. The molecule has 3 aromatic rings. The first-order valence-electron chi connectivity index (χ1n) is 10.1. The van der Waals surface area contributed by atoms with Crippen molar-refractivity contribution in [2.45, 2.75) is 31.5 Å². The fraction of sp³-hybridized carbons (Fsp3) is 0.409. The van der Waals surface area contributed by atoms with Gasteiger partial charge in [0.15, 0.2) is 5.65 Å². The predicted molar refractivity (Wildman–Crippen MR) is 107 cm³/mol. The van der Waals surface area contributed by atoms with Crippen LogP contribution in [0.3, 0.4) is 0 Å². The highest BCUT2D eigenvalue weighted by molar-refractivity contribution is 5.96. The average molecular weight is 392 g/mol. The molecule has 1 saturated carbocycles. The molecule has 1 aromatic carbocycles. The molecule has 1 N–H and O–H groups in total. The number of nitrogens with zero attached hydrogens (tertiary/aromatic N) is 4. The summed E-state index contributed by atoms with van der Waals surface area (Å²) in [6.07, 6.45) is 5.04. The Labute approximate surface area is 168 Å². The second-order valence-electron chi connectivity index (χ2n) is 7.92. The fourth-order valence-electron chi connectivity index (χ4n) is 4.58. The standard InChI is InChI=1S/C22H24N4O3/c27-13-16-8-19-20(9-16)29-7-6-26(19)22(28)17-10-18-21(23-11-17)25(14-24-18)12-15-4-2-1-3-5-15/h1-5,10-11,14,16,19-20,27H,6-9,12-13H2/t16-,19+,20+/m1/s1. The van der Waals surface area contributed by atoms with Crippen molar-refractivity contribution < 1.29 is 14.6 Å². The second kappa shape index (κ2) is 7.57. The molecule has 7 nitrogen and oxygen atoms in total. The van der Waals surface area contributed by atoms with Gasteiger partial charge in [-0.25, -0.2) is 9.97 Å². The number of morpholine rings is 1. The second-order valence-corrected chi connectivity index (χ2v) is 7.92. The zero-order valence-electron chi connectivity index (χ0n) is 16.1. The van der Waals surface area contributed by atoms with Gasteiger partial charge >= 0.3 is 0 Å². The lowest BCUT2D eigenvalue weighted by molar-refractivity contribution is -0.0448. The van der Waals surface area contributed by atoms with Crippen LogP contribution in [0.1, 0.15) is 28.8 Å². The molecule has 0 radical (unpaired) electrons. The summed E-state index contributed by atoms with van der Waals surface area (Å²) in [5, 5.41) is 9.50. The van der Waals surface area contributed by atoms with Crippen molar-refractivity contribution in [1.29, 1.82) is 0 Å². The molecule has 2 fully saturated rings. The Morgan fingerprint density at radius 1 is 1.21 bits per heavy atom. The summed E-state index contributed by atoms with van der Waals surface area (Å²) in [6, 6.07) is 12.0. The maximum atomic E-state index is 13.2. The number of carbonyl (C=O) groups excluding carboxylic acids is 1. The Balaban J connectivity index is 1.38. The van der Waals surface area contributed by atoms with Gasteiger partial charge in [0.25, 0.3) is 5.91 Å². The average Bonchev–Trinajstić information content (AvgIpc) is 3.37. The van der Waals surface area contributed by atoms with E-state index in [4.69, 9.17) is 4.74 Å². The summed E-state index contributed by atoms with van der Waals surface area (Å²) in [6.45, 7) is 1.93. The van der Waals surface area contributed by atoms with Crippen LogP contribution in [-0.4, -0.2) is 62.4 Å². The molecule has 150 valence electrons. The summed E-state index contributed by atoms with van der Waals surface area (Å²) < 4.78 is 7.84. The maximum absolute atomic E-state index is 13.2. The molecule has 0 spiro atoms. The van der Waals surface area contributed by atoms with E-state index in [1.807, 2.05) is 33.7 Å². The number of hydrogen-bond donors (Lipinski definition) is 1. The number of aliphatic hydroxyl groups is 1. The Morgan fingerprint density at radius 3 is 2.90 bits per heavy atom. The highest BCUT2D eigenvalue weighted by atomic mass is 16.5. The molecule has 29 heavy (non-hydrogen) atoms. The number of imidazole rings is 1. The number of pyridine rings is 1. The van der Waals surface area contributed by atoms with Gasteiger partial charge in [0, 0.05) is 19.3 Å². The highest BCUT2D eigenvalue weighted by Crippen LogP contribution is 2.34. The maximum Gasteiger partial charge on any atom is 0.255 e. The molecular formula is C22H24N4O3. The van der Waals surface area contributed by atoms with Crippen LogP contribution in [0.5, 0.6) is 0 Å². The lowest BCUT2D eigenvalue weighted by Gasteiger charge is -2.37. The van der Waals surface area contributed by atoms with E-state index >= 15 is 0 Å². The van der Waals surface area contributed by atoms with Crippen molar-refractivity contribution in [3.63, 3.8) is 0 Å². The minimum atomic E-state index is -0.0334. The van der Waals surface area contributed by atoms with Crippen molar-refractivity contribution in [2.24, 2.45) is 5.92 Å². The summed E-state index contributed by atoms with van der Waals surface area (Å²) in [7, 11) is 0. The monoisotopic (exact) mass is 392 g/mol. The van der Waals surface area contributed by atoms with Crippen LogP contribution in [0, 0.1) is 5.92 Å². The quantitative estimate of drug-likeness (QED) is 0.735. The van der Waals surface area contributed by atoms with Gasteiger partial charge in [-0.15, -0.1) is 0 Å². The Morgan fingerprint density at radius 2 is 2.07 bits per heavy atom. The molecule has 7 heteroatoms. The molecule has 0 bridgehead atoms. The van der Waals surface area contributed by atoms with Crippen molar-refractivity contribution in [3.05, 3.63) is 60.0 Å². The van der Waals surface area contributed by atoms with Crippen molar-refractivity contribution in [2.75, 3.05) is 19.8 Å². The van der Waals surface area contributed by atoms with Crippen LogP contribution in [-0.2, 0) is 11.3 Å². The molecule has 2 aliphatic rings. The molecule has 1 aliphatic carbocycles. The smallest absolute Gasteiger partial charge is 0.255 e. The van der Waals surface area contributed by atoms with Gasteiger partial charge < -0.3 is 19.3 Å². The number of benzene rings is 1. The van der Waals surface area contributed by atoms with E-state index in [0.29, 0.717) is 25.3 Å². The van der Waals surface area contributed by atoms with Crippen molar-refractivity contribution >= 4 is 17.1 Å². The van der Waals surface area contributed by atoms with Gasteiger partial charge in [0.05, 0.1) is 37.2 Å². The van der Waals surface area contributed by atoms with E-state index in [2.05, 4.69) is 22.1 Å². The zero-order valence-corrected chi connectivity index (χ0v) is 16.1. The van der Waals surface area contributed by atoms with Crippen LogP contribution in [0.15, 0.2) is 48.9 Å². The third-order valence-corrected chi connectivity index (χ3v) is 6.05. The third kappa shape index (κ3) is 3.41. The SMILES string of the molecule is O=C(c1cnc2c(c1)ncn2Cc1ccccc1)N1CCO[C@H]2C[C@H](CO)C[C@@H]21. The van der Waals surface area contributed by atoms with Crippen LogP contribution in [0.2, 0.25) is 0 Å². The van der Waals surface area contributed by atoms with E-state index in [-0.39, 0.29) is 30.6 Å². The number of rotatable bonds is 4. The summed E-state index contributed by atoms with van der Waals surface area (Å²) >= 11 is 0. The lowest BCUT2D eigenvalue weighted by atomic mass is 10.1. The number of fused-ring (bicyclic) bond motifs is 2. The van der Waals surface area contributed by atoms with E-state index in [9.17, 15) is 9.90 Å². The summed E-state index contributed by atoms with van der Waals surface area (Å²) in [5.41, 5.74) is 3.21. The molecule has 0 unspecified atom stereocenters. The Hall–Kier alpha value is -2.77. The topological polar surface area (TPSA) is 80.5 Å². The van der Waals surface area contributed by atoms with Crippen molar-refractivity contribution in [3.8, 4) is 0 Å². The van der Waals surface area contributed by atoms with Crippen molar-refractivity contribution in [1.82, 2.24) is 19.4 Å². The number of amides is 1. The molecule has 2 aromatic heterocycles. The van der Waals surface area contributed by atoms with Crippen LogP contribution in [0.4, 0.5) is 0 Å². The predicted octanol–water partition coefficient (Wildman–Crippen LogP) is 2.09. The van der Waals surface area contributed by atoms with E-state index in [1.165, 1.54) is 5.56 Å². The third-order valence-electron chi connectivity index (χ3n) is 6.05. The Kier molecular flexibility index (Phi) is 4.77. The van der Waals surface area contributed by atoms with E-state index in [1.54, 1.807) is 12.5 Å². The van der Waals surface area contributed by atoms with Gasteiger partial charge in [-0.1, -0.05) is 30.3 Å². The lowest BCUT2D eigenvalue weighted by Crippen LogP contribution is -2.51. The first kappa shape index (κ1) is 18.3. The molecule has 5 rings (SSSR count). The number of aliphatic hydroxyl groups excluding tert-OH is 1. The molecule has 1 saturated heterocycles. The summed E-state index contributed by atoms with van der Waals surface area (Å²) in [4.78, 5) is 24.1. The molecule has 1 amide bonds. The first-order valence-corrected chi connectivity index (χ1v) is 10.1.